The van der Waals surface area contributed by atoms with Crippen LogP contribution in [0.3, 0.4) is 0 Å². The standard InChI is InChI=1S/C14H7F3N2O3/c1-7-4-11(19(20)21)12(16)13(17)14(7)22-9-2-3-10(15)8(5-9)6-18/h2-5H,1H3. The summed E-state index contributed by atoms with van der Waals surface area (Å²) < 4.78 is 45.8. The molecule has 0 atom stereocenters. The van der Waals surface area contributed by atoms with E-state index in [2.05, 4.69) is 0 Å². The van der Waals surface area contributed by atoms with Crippen LogP contribution in [0.5, 0.6) is 11.5 Å². The Kier molecular flexibility index (Phi) is 3.99. The number of nitrogens with zero attached hydrogens (tertiary/aromatic N) is 2. The lowest BCUT2D eigenvalue weighted by Crippen LogP contribution is -2.01. The van der Waals surface area contributed by atoms with Crippen LogP contribution in [-0.2, 0) is 0 Å². The van der Waals surface area contributed by atoms with E-state index in [4.69, 9.17) is 10.00 Å². The van der Waals surface area contributed by atoms with Gasteiger partial charge in [-0.15, -0.1) is 0 Å². The van der Waals surface area contributed by atoms with Crippen LogP contribution in [-0.4, -0.2) is 4.92 Å². The van der Waals surface area contributed by atoms with Crippen molar-refractivity contribution in [2.45, 2.75) is 6.92 Å². The van der Waals surface area contributed by atoms with Crippen molar-refractivity contribution in [3.8, 4) is 17.6 Å². The highest BCUT2D eigenvalue weighted by molar-refractivity contribution is 5.48. The zero-order chi connectivity index (χ0) is 16.4. The fourth-order valence-corrected chi connectivity index (χ4v) is 1.75. The second-order valence-electron chi connectivity index (χ2n) is 4.28. The van der Waals surface area contributed by atoms with Crippen molar-refractivity contribution in [1.29, 1.82) is 5.26 Å². The van der Waals surface area contributed by atoms with Gasteiger partial charge in [0.1, 0.15) is 17.6 Å². The van der Waals surface area contributed by atoms with Crippen LogP contribution in [0, 0.1) is 45.8 Å². The first-order valence-corrected chi connectivity index (χ1v) is 5.85. The number of halogens is 3. The molecule has 8 heteroatoms. The van der Waals surface area contributed by atoms with E-state index in [0.29, 0.717) is 0 Å². The highest BCUT2D eigenvalue weighted by Gasteiger charge is 2.25. The molecule has 0 radical (unpaired) electrons. The third-order valence-corrected chi connectivity index (χ3v) is 2.80. The number of nitriles is 1. The molecule has 2 aromatic rings. The van der Waals surface area contributed by atoms with Gasteiger partial charge in [0.15, 0.2) is 5.75 Å². The molecule has 112 valence electrons. The summed E-state index contributed by atoms with van der Waals surface area (Å²) in [7, 11) is 0. The molecule has 0 amide bonds. The Morgan fingerprint density at radius 3 is 2.50 bits per heavy atom. The number of aryl methyl sites for hydroxylation is 1. The van der Waals surface area contributed by atoms with Gasteiger partial charge in [0.2, 0.25) is 11.6 Å². The lowest BCUT2D eigenvalue weighted by atomic mass is 10.1. The van der Waals surface area contributed by atoms with Gasteiger partial charge in [-0.3, -0.25) is 10.1 Å². The number of ether oxygens (including phenoxy) is 1. The van der Waals surface area contributed by atoms with Gasteiger partial charge in [-0.25, -0.2) is 4.39 Å². The Morgan fingerprint density at radius 2 is 1.91 bits per heavy atom. The van der Waals surface area contributed by atoms with Gasteiger partial charge in [0.25, 0.3) is 0 Å². The Morgan fingerprint density at radius 1 is 1.23 bits per heavy atom. The predicted octanol–water partition coefficient (Wildman–Crippen LogP) is 3.98. The van der Waals surface area contributed by atoms with E-state index in [-0.39, 0.29) is 16.9 Å². The summed E-state index contributed by atoms with van der Waals surface area (Å²) in [6.07, 6.45) is 0. The maximum Gasteiger partial charge on any atom is 0.308 e. The topological polar surface area (TPSA) is 76.2 Å². The van der Waals surface area contributed by atoms with Crippen molar-refractivity contribution >= 4 is 5.69 Å². The minimum Gasteiger partial charge on any atom is -0.454 e. The fourth-order valence-electron chi connectivity index (χ4n) is 1.75. The molecule has 0 aromatic heterocycles. The number of hydrogen-bond acceptors (Lipinski definition) is 4. The maximum atomic E-state index is 13.9. The number of nitro groups is 1. The van der Waals surface area contributed by atoms with Crippen LogP contribution in [0.2, 0.25) is 0 Å². The van der Waals surface area contributed by atoms with E-state index in [1.807, 2.05) is 0 Å². The van der Waals surface area contributed by atoms with E-state index < -0.39 is 33.8 Å². The van der Waals surface area contributed by atoms with Gasteiger partial charge in [-0.2, -0.15) is 14.0 Å². The van der Waals surface area contributed by atoms with Crippen molar-refractivity contribution in [3.05, 3.63) is 63.0 Å². The average molecular weight is 308 g/mol. The zero-order valence-electron chi connectivity index (χ0n) is 11.1. The largest absolute Gasteiger partial charge is 0.454 e. The molecule has 5 nitrogen and oxygen atoms in total. The molecule has 2 aromatic carbocycles. The van der Waals surface area contributed by atoms with Gasteiger partial charge >= 0.3 is 5.69 Å². The molecule has 0 saturated heterocycles. The third kappa shape index (κ3) is 2.69. The lowest BCUT2D eigenvalue weighted by molar-refractivity contribution is -0.387. The molecule has 0 fully saturated rings. The Bertz CT molecular complexity index is 816. The predicted molar refractivity (Wildman–Crippen MR) is 68.9 cm³/mol. The van der Waals surface area contributed by atoms with Gasteiger partial charge in [-0.05, 0) is 19.1 Å². The van der Waals surface area contributed by atoms with Gasteiger partial charge in [0.05, 0.1) is 10.5 Å². The molecule has 0 bridgehead atoms. The first-order valence-electron chi connectivity index (χ1n) is 5.85. The first-order chi connectivity index (χ1) is 10.3. The van der Waals surface area contributed by atoms with Gasteiger partial charge in [0, 0.05) is 17.7 Å². The minimum atomic E-state index is -1.66. The molecule has 0 spiro atoms. The van der Waals surface area contributed by atoms with Crippen molar-refractivity contribution < 1.29 is 22.8 Å². The second kappa shape index (κ2) is 5.73. The molecule has 0 saturated carbocycles. The summed E-state index contributed by atoms with van der Waals surface area (Å²) in [5.74, 6) is -4.66. The van der Waals surface area contributed by atoms with E-state index in [1.54, 1.807) is 6.07 Å². The summed E-state index contributed by atoms with van der Waals surface area (Å²) in [6, 6.07) is 5.46. The summed E-state index contributed by atoms with van der Waals surface area (Å²) in [6.45, 7) is 1.29. The average Bonchev–Trinajstić information content (AvgIpc) is 2.48. The van der Waals surface area contributed by atoms with Gasteiger partial charge in [-0.1, -0.05) is 0 Å². The molecule has 0 unspecified atom stereocenters. The molecule has 22 heavy (non-hydrogen) atoms. The molecular formula is C14H7F3N2O3. The SMILES string of the molecule is Cc1cc([N+](=O)[O-])c(F)c(F)c1Oc1ccc(F)c(C#N)c1. The monoisotopic (exact) mass is 308 g/mol. The van der Waals surface area contributed by atoms with Crippen LogP contribution in [0.4, 0.5) is 18.9 Å². The number of hydrogen-bond donors (Lipinski definition) is 0. The summed E-state index contributed by atoms with van der Waals surface area (Å²) in [4.78, 5) is 9.54. The van der Waals surface area contributed by atoms with E-state index in [1.165, 1.54) is 6.92 Å². The molecule has 0 heterocycles. The molecule has 0 N–H and O–H groups in total. The highest BCUT2D eigenvalue weighted by Crippen LogP contribution is 2.34. The summed E-state index contributed by atoms with van der Waals surface area (Å²) >= 11 is 0. The number of nitro benzene ring substituents is 1. The number of benzene rings is 2. The quantitative estimate of drug-likeness (QED) is 0.634. The molecule has 0 aliphatic rings. The second-order valence-corrected chi connectivity index (χ2v) is 4.28. The summed E-state index contributed by atoms with van der Waals surface area (Å²) in [5, 5.41) is 19.3. The molecule has 0 aliphatic heterocycles. The molecule has 0 aliphatic carbocycles. The van der Waals surface area contributed by atoms with E-state index >= 15 is 0 Å². The molecule has 2 rings (SSSR count). The Balaban J connectivity index is 2.49. The van der Waals surface area contributed by atoms with E-state index in [9.17, 15) is 23.3 Å². The van der Waals surface area contributed by atoms with Crippen LogP contribution in [0.15, 0.2) is 24.3 Å². The highest BCUT2D eigenvalue weighted by atomic mass is 19.2. The van der Waals surface area contributed by atoms with Crippen molar-refractivity contribution in [3.63, 3.8) is 0 Å². The number of rotatable bonds is 3. The summed E-state index contributed by atoms with van der Waals surface area (Å²) in [5.41, 5.74) is -1.37. The van der Waals surface area contributed by atoms with Crippen LogP contribution in [0.1, 0.15) is 11.1 Å². The molecular weight excluding hydrogens is 301 g/mol. The Hall–Kier alpha value is -3.08. The van der Waals surface area contributed by atoms with Crippen LogP contribution in [0.25, 0.3) is 0 Å². The smallest absolute Gasteiger partial charge is 0.308 e. The maximum absolute atomic E-state index is 13.9. The van der Waals surface area contributed by atoms with Crippen molar-refractivity contribution in [2.75, 3.05) is 0 Å². The van der Waals surface area contributed by atoms with Crippen LogP contribution < -0.4 is 4.74 Å². The van der Waals surface area contributed by atoms with Crippen molar-refractivity contribution in [1.82, 2.24) is 0 Å². The normalized spacial score (nSPS) is 10.1. The zero-order valence-corrected chi connectivity index (χ0v) is 11.1. The minimum absolute atomic E-state index is 0.0200. The van der Waals surface area contributed by atoms with Gasteiger partial charge < -0.3 is 4.74 Å². The van der Waals surface area contributed by atoms with Crippen molar-refractivity contribution in [2.24, 2.45) is 0 Å². The van der Waals surface area contributed by atoms with Crippen LogP contribution >= 0.6 is 0 Å². The third-order valence-electron chi connectivity index (χ3n) is 2.80. The Labute approximate surface area is 122 Å². The van der Waals surface area contributed by atoms with E-state index in [0.717, 1.165) is 24.3 Å². The first kappa shape index (κ1) is 15.3. The fraction of sp³-hybridized carbons (Fsp3) is 0.0714. The lowest BCUT2D eigenvalue weighted by Gasteiger charge is -2.10.